The van der Waals surface area contributed by atoms with E-state index in [4.69, 9.17) is 4.74 Å². The quantitative estimate of drug-likeness (QED) is 0.478. The molecule has 0 heterocycles. The molecule has 0 aliphatic heterocycles. The van der Waals surface area contributed by atoms with E-state index in [9.17, 15) is 0 Å². The van der Waals surface area contributed by atoms with Gasteiger partial charge < -0.3 is 4.74 Å². The van der Waals surface area contributed by atoms with E-state index >= 15 is 0 Å². The molecule has 1 atom stereocenters. The van der Waals surface area contributed by atoms with Gasteiger partial charge in [0.1, 0.15) is 4.51 Å². The summed E-state index contributed by atoms with van der Waals surface area (Å²) in [6, 6.07) is 0. The van der Waals surface area contributed by atoms with Crippen LogP contribution < -0.4 is 0 Å². The van der Waals surface area contributed by atoms with Crippen molar-refractivity contribution in [2.75, 3.05) is 7.11 Å². The Labute approximate surface area is 85.0 Å². The first kappa shape index (κ1) is 12.4. The Kier molecular flexibility index (Phi) is 7.16. The minimum atomic E-state index is -0.0980. The Morgan fingerprint density at radius 3 is 2.25 bits per heavy atom. The summed E-state index contributed by atoms with van der Waals surface area (Å²) in [6.07, 6.45) is 7.74. The van der Waals surface area contributed by atoms with Crippen LogP contribution in [-0.2, 0) is 4.74 Å². The second-order valence-corrected chi connectivity index (χ2v) is 5.15. The zero-order chi connectivity index (χ0) is 9.45. The van der Waals surface area contributed by atoms with Crippen LogP contribution in [0.3, 0.4) is 0 Å². The fourth-order valence-corrected chi connectivity index (χ4v) is 1.43. The van der Waals surface area contributed by atoms with Crippen LogP contribution in [0, 0.1) is 0 Å². The largest absolute Gasteiger partial charge is 0.367 e. The summed E-state index contributed by atoms with van der Waals surface area (Å²) in [4.78, 5) is 0. The van der Waals surface area contributed by atoms with E-state index in [1.54, 1.807) is 7.11 Å². The predicted molar refractivity (Wildman–Crippen MR) is 57.7 cm³/mol. The topological polar surface area (TPSA) is 9.23 Å². The number of rotatable bonds is 7. The summed E-state index contributed by atoms with van der Waals surface area (Å²) in [5.74, 6) is 0. The van der Waals surface area contributed by atoms with Crippen LogP contribution in [0.2, 0.25) is 0 Å². The van der Waals surface area contributed by atoms with Crippen LogP contribution in [0.1, 0.15) is 52.4 Å². The van der Waals surface area contributed by atoms with Crippen molar-refractivity contribution in [3.05, 3.63) is 0 Å². The molecule has 2 heteroatoms. The number of alkyl halides is 1. The van der Waals surface area contributed by atoms with Gasteiger partial charge in [-0.1, -0.05) is 48.5 Å². The molecule has 0 rings (SSSR count). The predicted octanol–water partition coefficient (Wildman–Crippen LogP) is 4.10. The monoisotopic (exact) mass is 236 g/mol. The molecule has 0 aliphatic rings. The molecule has 12 heavy (non-hydrogen) atoms. The van der Waals surface area contributed by atoms with Crippen LogP contribution in [0.4, 0.5) is 0 Å². The SMILES string of the molecule is CCCCCCCC(C)(Br)OC. The number of hydrogen-bond acceptors (Lipinski definition) is 1. The smallest absolute Gasteiger partial charge is 0.119 e. The minimum Gasteiger partial charge on any atom is -0.367 e. The van der Waals surface area contributed by atoms with Gasteiger partial charge in [0, 0.05) is 7.11 Å². The van der Waals surface area contributed by atoms with Gasteiger partial charge in [-0.15, -0.1) is 0 Å². The van der Waals surface area contributed by atoms with Crippen LogP contribution in [0.25, 0.3) is 0 Å². The van der Waals surface area contributed by atoms with Crippen LogP contribution in [0.5, 0.6) is 0 Å². The van der Waals surface area contributed by atoms with E-state index in [2.05, 4.69) is 29.8 Å². The molecule has 1 nitrogen and oxygen atoms in total. The van der Waals surface area contributed by atoms with Gasteiger partial charge in [-0.2, -0.15) is 0 Å². The van der Waals surface area contributed by atoms with E-state index in [1.165, 1.54) is 32.1 Å². The fourth-order valence-electron chi connectivity index (χ4n) is 1.15. The molecule has 74 valence electrons. The Bertz CT molecular complexity index is 102. The Hall–Kier alpha value is 0.440. The fraction of sp³-hybridized carbons (Fsp3) is 1.00. The van der Waals surface area contributed by atoms with Crippen LogP contribution in [-0.4, -0.2) is 11.6 Å². The van der Waals surface area contributed by atoms with Crippen LogP contribution >= 0.6 is 15.9 Å². The zero-order valence-electron chi connectivity index (χ0n) is 8.53. The van der Waals surface area contributed by atoms with Gasteiger partial charge in [0.05, 0.1) is 0 Å². The minimum absolute atomic E-state index is 0.0980. The highest BCUT2D eigenvalue weighted by molar-refractivity contribution is 9.10. The van der Waals surface area contributed by atoms with Crippen molar-refractivity contribution in [2.45, 2.75) is 56.9 Å². The summed E-state index contributed by atoms with van der Waals surface area (Å²) in [7, 11) is 1.75. The van der Waals surface area contributed by atoms with Gasteiger partial charge >= 0.3 is 0 Å². The molecule has 1 unspecified atom stereocenters. The number of hydrogen-bond donors (Lipinski definition) is 0. The Balaban J connectivity index is 3.19. The standard InChI is InChI=1S/C10H21BrO/c1-4-5-6-7-8-9-10(2,11)12-3/h4-9H2,1-3H3. The molecule has 0 bridgehead atoms. The summed E-state index contributed by atoms with van der Waals surface area (Å²) in [5, 5.41) is 0. The number of halogens is 1. The van der Waals surface area contributed by atoms with Gasteiger partial charge in [-0.25, -0.2) is 0 Å². The lowest BCUT2D eigenvalue weighted by Crippen LogP contribution is -2.17. The third kappa shape index (κ3) is 7.11. The highest BCUT2D eigenvalue weighted by atomic mass is 79.9. The van der Waals surface area contributed by atoms with Crippen molar-refractivity contribution in [3.8, 4) is 0 Å². The summed E-state index contributed by atoms with van der Waals surface area (Å²) in [5.41, 5.74) is 0. The second kappa shape index (κ2) is 6.90. The molecule has 0 fully saturated rings. The van der Waals surface area contributed by atoms with Crippen molar-refractivity contribution < 1.29 is 4.74 Å². The number of ether oxygens (including phenoxy) is 1. The third-order valence-electron chi connectivity index (χ3n) is 2.15. The molecule has 0 amide bonds. The zero-order valence-corrected chi connectivity index (χ0v) is 10.1. The molecule has 0 spiro atoms. The molecule has 0 N–H and O–H groups in total. The van der Waals surface area contributed by atoms with Gasteiger partial charge in [-0.3, -0.25) is 0 Å². The highest BCUT2D eigenvalue weighted by Gasteiger charge is 2.17. The molecule has 0 aromatic rings. The summed E-state index contributed by atoms with van der Waals surface area (Å²) >= 11 is 3.53. The average molecular weight is 237 g/mol. The molecule has 0 aromatic heterocycles. The maximum Gasteiger partial charge on any atom is 0.119 e. The lowest BCUT2D eigenvalue weighted by Gasteiger charge is -2.20. The van der Waals surface area contributed by atoms with E-state index in [0.717, 1.165) is 6.42 Å². The third-order valence-corrected chi connectivity index (χ3v) is 2.87. The van der Waals surface area contributed by atoms with Gasteiger partial charge in [0.2, 0.25) is 0 Å². The van der Waals surface area contributed by atoms with Crippen molar-refractivity contribution in [1.29, 1.82) is 0 Å². The van der Waals surface area contributed by atoms with E-state index in [-0.39, 0.29) is 4.51 Å². The van der Waals surface area contributed by atoms with Crippen molar-refractivity contribution >= 4 is 15.9 Å². The normalized spacial score (nSPS) is 16.0. The second-order valence-electron chi connectivity index (χ2n) is 3.47. The summed E-state index contributed by atoms with van der Waals surface area (Å²) in [6.45, 7) is 4.32. The molecule has 0 saturated carbocycles. The number of unbranched alkanes of at least 4 members (excludes halogenated alkanes) is 4. The van der Waals surface area contributed by atoms with Gasteiger partial charge in [-0.05, 0) is 19.8 Å². The average Bonchev–Trinajstić information content (AvgIpc) is 2.04. The Morgan fingerprint density at radius 1 is 1.17 bits per heavy atom. The van der Waals surface area contributed by atoms with Crippen molar-refractivity contribution in [3.63, 3.8) is 0 Å². The molecule has 0 aromatic carbocycles. The molecule has 0 radical (unpaired) electrons. The Morgan fingerprint density at radius 2 is 1.75 bits per heavy atom. The lowest BCUT2D eigenvalue weighted by molar-refractivity contribution is 0.0837. The van der Waals surface area contributed by atoms with Crippen LogP contribution in [0.15, 0.2) is 0 Å². The first-order valence-corrected chi connectivity index (χ1v) is 5.66. The van der Waals surface area contributed by atoms with E-state index in [1.807, 2.05) is 0 Å². The molecule has 0 aliphatic carbocycles. The molecule has 0 saturated heterocycles. The first-order chi connectivity index (χ1) is 5.62. The van der Waals surface area contributed by atoms with E-state index in [0.29, 0.717) is 0 Å². The maximum absolute atomic E-state index is 5.26. The number of methoxy groups -OCH3 is 1. The highest BCUT2D eigenvalue weighted by Crippen LogP contribution is 2.25. The maximum atomic E-state index is 5.26. The van der Waals surface area contributed by atoms with E-state index < -0.39 is 0 Å². The lowest BCUT2D eigenvalue weighted by atomic mass is 10.1. The first-order valence-electron chi connectivity index (χ1n) is 4.86. The van der Waals surface area contributed by atoms with Crippen molar-refractivity contribution in [2.24, 2.45) is 0 Å². The summed E-state index contributed by atoms with van der Waals surface area (Å²) < 4.78 is 5.16. The molecular weight excluding hydrogens is 216 g/mol. The van der Waals surface area contributed by atoms with Gasteiger partial charge in [0.15, 0.2) is 0 Å². The molecular formula is C10H21BrO. The van der Waals surface area contributed by atoms with Crippen molar-refractivity contribution in [1.82, 2.24) is 0 Å². The van der Waals surface area contributed by atoms with Gasteiger partial charge in [0.25, 0.3) is 0 Å².